The average molecular weight is 292 g/mol. The second kappa shape index (κ2) is 6.89. The van der Waals surface area contributed by atoms with Crippen LogP contribution in [0.15, 0.2) is 6.07 Å². The summed E-state index contributed by atoms with van der Waals surface area (Å²) in [5.41, 5.74) is 6.42. The number of carbonyl (C=O) groups excluding carboxylic acids is 1. The first-order valence-corrected chi connectivity index (χ1v) is 7.58. The largest absolute Gasteiger partial charge is 0.380 e. The van der Waals surface area contributed by atoms with Gasteiger partial charge in [-0.1, -0.05) is 11.8 Å². The minimum atomic E-state index is 0.0839. The van der Waals surface area contributed by atoms with E-state index >= 15 is 0 Å². The molecule has 1 aliphatic rings. The van der Waals surface area contributed by atoms with E-state index in [1.807, 2.05) is 17.9 Å². The Kier molecular flexibility index (Phi) is 5.18. The van der Waals surface area contributed by atoms with Gasteiger partial charge in [0.1, 0.15) is 0 Å². The average Bonchev–Trinajstić information content (AvgIpc) is 2.85. The Morgan fingerprint density at radius 1 is 1.65 bits per heavy atom. The standard InChI is InChI=1S/C15H20N2O2S/c1-11-9-14(20-13(11)6-3-7-16)15(18)17-8-4-5-12(10-17)19-2/h9,12H,4-5,7-8,10,16H2,1-2H3. The van der Waals surface area contributed by atoms with Gasteiger partial charge in [0, 0.05) is 20.2 Å². The van der Waals surface area contributed by atoms with E-state index in [2.05, 4.69) is 11.8 Å². The Hall–Kier alpha value is -1.35. The summed E-state index contributed by atoms with van der Waals surface area (Å²) in [7, 11) is 1.70. The van der Waals surface area contributed by atoms with Crippen LogP contribution in [0, 0.1) is 18.8 Å². The molecule has 0 spiro atoms. The van der Waals surface area contributed by atoms with Gasteiger partial charge < -0.3 is 15.4 Å². The van der Waals surface area contributed by atoms with Gasteiger partial charge in [-0.05, 0) is 31.4 Å². The summed E-state index contributed by atoms with van der Waals surface area (Å²) in [5.74, 6) is 5.94. The third-order valence-corrected chi connectivity index (χ3v) is 4.57. The van der Waals surface area contributed by atoms with E-state index in [-0.39, 0.29) is 12.0 Å². The summed E-state index contributed by atoms with van der Waals surface area (Å²) in [6.45, 7) is 3.79. The molecule has 1 aromatic rings. The van der Waals surface area contributed by atoms with Gasteiger partial charge in [-0.25, -0.2) is 0 Å². The lowest BCUT2D eigenvalue weighted by molar-refractivity contribution is 0.0271. The van der Waals surface area contributed by atoms with Gasteiger partial charge in [0.15, 0.2) is 0 Å². The van der Waals surface area contributed by atoms with Crippen molar-refractivity contribution in [1.29, 1.82) is 0 Å². The number of rotatable bonds is 2. The molecule has 1 unspecified atom stereocenters. The first-order chi connectivity index (χ1) is 9.65. The molecule has 2 heterocycles. The van der Waals surface area contributed by atoms with Crippen molar-refractivity contribution in [2.75, 3.05) is 26.7 Å². The molecule has 108 valence electrons. The maximum atomic E-state index is 12.5. The van der Waals surface area contributed by atoms with Crippen LogP contribution in [0.4, 0.5) is 0 Å². The fourth-order valence-electron chi connectivity index (χ4n) is 2.31. The molecule has 5 heteroatoms. The fraction of sp³-hybridized carbons (Fsp3) is 0.533. The first-order valence-electron chi connectivity index (χ1n) is 6.77. The number of nitrogens with zero attached hydrogens (tertiary/aromatic N) is 1. The van der Waals surface area contributed by atoms with Gasteiger partial charge in [-0.15, -0.1) is 11.3 Å². The minimum absolute atomic E-state index is 0.0839. The number of likely N-dealkylation sites (tertiary alicyclic amines) is 1. The van der Waals surface area contributed by atoms with Gasteiger partial charge in [-0.3, -0.25) is 4.79 Å². The number of nitrogens with two attached hydrogens (primary N) is 1. The molecule has 1 fully saturated rings. The summed E-state index contributed by atoms with van der Waals surface area (Å²) < 4.78 is 5.36. The molecule has 4 nitrogen and oxygen atoms in total. The van der Waals surface area contributed by atoms with E-state index in [9.17, 15) is 4.79 Å². The van der Waals surface area contributed by atoms with Crippen molar-refractivity contribution < 1.29 is 9.53 Å². The smallest absolute Gasteiger partial charge is 0.264 e. The third kappa shape index (κ3) is 3.40. The lowest BCUT2D eigenvalue weighted by atomic mass is 10.1. The molecule has 1 atom stereocenters. The number of amides is 1. The number of hydrogen-bond acceptors (Lipinski definition) is 4. The van der Waals surface area contributed by atoms with E-state index in [0.29, 0.717) is 13.1 Å². The van der Waals surface area contributed by atoms with Crippen LogP contribution in [0.1, 0.15) is 33.0 Å². The van der Waals surface area contributed by atoms with Crippen molar-refractivity contribution in [1.82, 2.24) is 4.90 Å². The SMILES string of the molecule is COC1CCCN(C(=O)c2cc(C)c(C#CCN)s2)C1. The Balaban J connectivity index is 2.13. The van der Waals surface area contributed by atoms with Crippen molar-refractivity contribution in [3.8, 4) is 11.8 Å². The summed E-state index contributed by atoms with van der Waals surface area (Å²) in [6, 6.07) is 1.92. The van der Waals surface area contributed by atoms with Crippen LogP contribution in [-0.2, 0) is 4.74 Å². The molecule has 1 aromatic heterocycles. The summed E-state index contributed by atoms with van der Waals surface area (Å²) in [5, 5.41) is 0. The number of aryl methyl sites for hydroxylation is 1. The van der Waals surface area contributed by atoms with Crippen LogP contribution in [-0.4, -0.2) is 43.7 Å². The first kappa shape index (κ1) is 15.0. The Bertz CT molecular complexity index is 542. The Morgan fingerprint density at radius 2 is 2.45 bits per heavy atom. The quantitative estimate of drug-likeness (QED) is 0.843. The van der Waals surface area contributed by atoms with Gasteiger partial charge in [-0.2, -0.15) is 0 Å². The maximum Gasteiger partial charge on any atom is 0.264 e. The number of methoxy groups -OCH3 is 1. The van der Waals surface area contributed by atoms with Crippen molar-refractivity contribution in [2.45, 2.75) is 25.9 Å². The summed E-state index contributed by atoms with van der Waals surface area (Å²) >= 11 is 1.45. The highest BCUT2D eigenvalue weighted by atomic mass is 32.1. The molecule has 1 amide bonds. The lowest BCUT2D eigenvalue weighted by Gasteiger charge is -2.31. The molecule has 0 aliphatic carbocycles. The molecule has 0 radical (unpaired) electrons. The molecule has 0 aromatic carbocycles. The Morgan fingerprint density at radius 3 is 3.15 bits per heavy atom. The predicted molar refractivity (Wildman–Crippen MR) is 80.9 cm³/mol. The molecular formula is C15H20N2O2S. The van der Waals surface area contributed by atoms with E-state index in [1.165, 1.54) is 11.3 Å². The maximum absolute atomic E-state index is 12.5. The van der Waals surface area contributed by atoms with Gasteiger partial charge in [0.25, 0.3) is 5.91 Å². The highest BCUT2D eigenvalue weighted by Gasteiger charge is 2.25. The normalized spacial score (nSPS) is 18.6. The zero-order chi connectivity index (χ0) is 14.5. The Labute approximate surface area is 123 Å². The number of thiophene rings is 1. The van der Waals surface area contributed by atoms with Crippen LogP contribution >= 0.6 is 11.3 Å². The highest BCUT2D eigenvalue weighted by Crippen LogP contribution is 2.24. The predicted octanol–water partition coefficient (Wildman–Crippen LogP) is 1.62. The second-order valence-corrected chi connectivity index (χ2v) is 5.93. The molecule has 20 heavy (non-hydrogen) atoms. The number of hydrogen-bond donors (Lipinski definition) is 1. The van der Waals surface area contributed by atoms with Gasteiger partial charge >= 0.3 is 0 Å². The van der Waals surface area contributed by atoms with Crippen LogP contribution in [0.25, 0.3) is 0 Å². The van der Waals surface area contributed by atoms with Crippen LogP contribution in [0.5, 0.6) is 0 Å². The number of piperidine rings is 1. The zero-order valence-corrected chi connectivity index (χ0v) is 12.8. The highest BCUT2D eigenvalue weighted by molar-refractivity contribution is 7.14. The van der Waals surface area contributed by atoms with Crippen LogP contribution in [0.3, 0.4) is 0 Å². The van der Waals surface area contributed by atoms with Crippen LogP contribution < -0.4 is 5.73 Å². The van der Waals surface area contributed by atoms with E-state index in [4.69, 9.17) is 10.5 Å². The number of carbonyl (C=O) groups is 1. The van der Waals surface area contributed by atoms with E-state index in [1.54, 1.807) is 7.11 Å². The van der Waals surface area contributed by atoms with Crippen LogP contribution in [0.2, 0.25) is 0 Å². The monoisotopic (exact) mass is 292 g/mol. The van der Waals surface area contributed by atoms with Gasteiger partial charge in [0.2, 0.25) is 0 Å². The molecule has 1 saturated heterocycles. The minimum Gasteiger partial charge on any atom is -0.380 e. The van der Waals surface area contributed by atoms with Crippen molar-refractivity contribution in [3.05, 3.63) is 21.4 Å². The zero-order valence-electron chi connectivity index (χ0n) is 11.9. The summed E-state index contributed by atoms with van der Waals surface area (Å²) in [4.78, 5) is 16.1. The molecule has 1 aliphatic heterocycles. The van der Waals surface area contributed by atoms with Crippen molar-refractivity contribution in [3.63, 3.8) is 0 Å². The molecule has 0 bridgehead atoms. The molecule has 0 saturated carbocycles. The van der Waals surface area contributed by atoms with E-state index in [0.717, 1.165) is 34.7 Å². The number of ether oxygens (including phenoxy) is 1. The van der Waals surface area contributed by atoms with E-state index < -0.39 is 0 Å². The third-order valence-electron chi connectivity index (χ3n) is 3.43. The molecule has 2 rings (SSSR count). The summed E-state index contributed by atoms with van der Waals surface area (Å²) in [6.07, 6.45) is 2.18. The lowest BCUT2D eigenvalue weighted by Crippen LogP contribution is -2.42. The molecule has 2 N–H and O–H groups in total. The second-order valence-electron chi connectivity index (χ2n) is 4.88. The molecular weight excluding hydrogens is 272 g/mol. The van der Waals surface area contributed by atoms with Crippen molar-refractivity contribution >= 4 is 17.2 Å². The van der Waals surface area contributed by atoms with Gasteiger partial charge in [0.05, 0.1) is 22.4 Å². The van der Waals surface area contributed by atoms with Crippen molar-refractivity contribution in [2.24, 2.45) is 5.73 Å². The fourth-order valence-corrected chi connectivity index (χ4v) is 3.33. The topological polar surface area (TPSA) is 55.6 Å².